The highest BCUT2D eigenvalue weighted by Gasteiger charge is 2.50. The second-order valence-electron chi connectivity index (χ2n) is 5.84. The van der Waals surface area contributed by atoms with Crippen molar-refractivity contribution in [1.29, 1.82) is 0 Å². The van der Waals surface area contributed by atoms with Crippen LogP contribution in [-0.4, -0.2) is 11.8 Å². The van der Waals surface area contributed by atoms with Crippen molar-refractivity contribution < 1.29 is 9.59 Å². The van der Waals surface area contributed by atoms with E-state index in [4.69, 9.17) is 11.6 Å². The quantitative estimate of drug-likeness (QED) is 0.738. The molecule has 1 atom stereocenters. The van der Waals surface area contributed by atoms with Gasteiger partial charge in [-0.15, -0.1) is 0 Å². The summed E-state index contributed by atoms with van der Waals surface area (Å²) in [6.07, 6.45) is 0.238. The first-order valence-electron chi connectivity index (χ1n) is 6.51. The number of halogens is 2. The van der Waals surface area contributed by atoms with Crippen LogP contribution >= 0.6 is 27.5 Å². The van der Waals surface area contributed by atoms with Crippen molar-refractivity contribution in [2.45, 2.75) is 34.1 Å². The Kier molecular flexibility index (Phi) is 4.00. The molecule has 1 aliphatic heterocycles. The standard InChI is InChI=1S/C15H17BrClNO2/c1-8(2)15(4)7-13(19)18(14(15)20)12-6-11(17)9(3)5-10(12)16/h5-6,8H,7H2,1-4H3. The molecular weight excluding hydrogens is 342 g/mol. The van der Waals surface area contributed by atoms with Crippen LogP contribution in [0.25, 0.3) is 0 Å². The Morgan fingerprint density at radius 2 is 1.95 bits per heavy atom. The monoisotopic (exact) mass is 357 g/mol. The topological polar surface area (TPSA) is 37.4 Å². The van der Waals surface area contributed by atoms with Gasteiger partial charge in [0, 0.05) is 15.9 Å². The Bertz CT molecular complexity index is 600. The van der Waals surface area contributed by atoms with Crippen LogP contribution in [0.4, 0.5) is 5.69 Å². The van der Waals surface area contributed by atoms with Crippen LogP contribution in [-0.2, 0) is 9.59 Å². The lowest BCUT2D eigenvalue weighted by Gasteiger charge is -2.26. The van der Waals surface area contributed by atoms with Gasteiger partial charge in [0.15, 0.2) is 0 Å². The molecule has 20 heavy (non-hydrogen) atoms. The minimum Gasteiger partial charge on any atom is -0.274 e. The largest absolute Gasteiger partial charge is 0.274 e. The third-order valence-corrected chi connectivity index (χ3v) is 5.25. The number of carbonyl (C=O) groups excluding carboxylic acids is 2. The molecule has 3 nitrogen and oxygen atoms in total. The number of anilines is 1. The summed E-state index contributed by atoms with van der Waals surface area (Å²) in [6, 6.07) is 3.49. The first-order valence-corrected chi connectivity index (χ1v) is 7.68. The maximum atomic E-state index is 12.7. The molecule has 1 heterocycles. The van der Waals surface area contributed by atoms with Crippen molar-refractivity contribution in [2.75, 3.05) is 4.90 Å². The summed E-state index contributed by atoms with van der Waals surface area (Å²) in [7, 11) is 0. The molecule has 0 bridgehead atoms. The predicted octanol–water partition coefficient (Wildman–Crippen LogP) is 4.34. The molecule has 0 radical (unpaired) electrons. The normalized spacial score (nSPS) is 23.1. The summed E-state index contributed by atoms with van der Waals surface area (Å²) in [5.41, 5.74) is 0.779. The highest BCUT2D eigenvalue weighted by molar-refractivity contribution is 9.10. The molecule has 1 fully saturated rings. The van der Waals surface area contributed by atoms with Gasteiger partial charge in [0.05, 0.1) is 11.1 Å². The molecule has 5 heteroatoms. The molecular formula is C15H17BrClNO2. The van der Waals surface area contributed by atoms with Crippen LogP contribution in [0.1, 0.15) is 32.8 Å². The first-order chi connectivity index (χ1) is 9.18. The number of imide groups is 1. The molecule has 2 amide bonds. The molecule has 1 saturated heterocycles. The summed E-state index contributed by atoms with van der Waals surface area (Å²) in [4.78, 5) is 26.2. The van der Waals surface area contributed by atoms with E-state index in [1.165, 1.54) is 4.90 Å². The molecule has 1 aliphatic rings. The Morgan fingerprint density at radius 3 is 2.45 bits per heavy atom. The van der Waals surface area contributed by atoms with Crippen molar-refractivity contribution in [3.05, 3.63) is 27.2 Å². The first kappa shape index (κ1) is 15.5. The van der Waals surface area contributed by atoms with E-state index in [-0.39, 0.29) is 24.2 Å². The zero-order chi connectivity index (χ0) is 15.2. The molecule has 0 aromatic heterocycles. The van der Waals surface area contributed by atoms with E-state index in [9.17, 15) is 9.59 Å². The zero-order valence-corrected chi connectivity index (χ0v) is 14.3. The fraction of sp³-hybridized carbons (Fsp3) is 0.467. The van der Waals surface area contributed by atoms with Crippen LogP contribution < -0.4 is 4.90 Å². The Morgan fingerprint density at radius 1 is 1.35 bits per heavy atom. The second kappa shape index (κ2) is 5.15. The van der Waals surface area contributed by atoms with Crippen LogP contribution in [0.3, 0.4) is 0 Å². The number of carbonyl (C=O) groups is 2. The highest BCUT2D eigenvalue weighted by atomic mass is 79.9. The lowest BCUT2D eigenvalue weighted by molar-refractivity contribution is -0.126. The van der Waals surface area contributed by atoms with Crippen LogP contribution in [0, 0.1) is 18.3 Å². The number of hydrogen-bond acceptors (Lipinski definition) is 2. The lowest BCUT2D eigenvalue weighted by atomic mass is 9.78. The summed E-state index contributed by atoms with van der Waals surface area (Å²) in [5, 5.41) is 0.543. The van der Waals surface area contributed by atoms with Gasteiger partial charge in [-0.1, -0.05) is 25.4 Å². The van der Waals surface area contributed by atoms with Crippen molar-refractivity contribution in [1.82, 2.24) is 0 Å². The number of amides is 2. The van der Waals surface area contributed by atoms with E-state index in [1.807, 2.05) is 33.8 Å². The van der Waals surface area contributed by atoms with E-state index < -0.39 is 5.41 Å². The van der Waals surface area contributed by atoms with Gasteiger partial charge in [-0.05, 0) is 53.4 Å². The number of aryl methyl sites for hydroxylation is 1. The molecule has 2 rings (SSSR count). The van der Waals surface area contributed by atoms with E-state index in [1.54, 1.807) is 6.07 Å². The van der Waals surface area contributed by atoms with E-state index in [2.05, 4.69) is 15.9 Å². The third-order valence-electron chi connectivity index (χ3n) is 4.20. The van der Waals surface area contributed by atoms with Gasteiger partial charge in [-0.2, -0.15) is 0 Å². The third kappa shape index (κ3) is 2.29. The fourth-order valence-electron chi connectivity index (χ4n) is 2.34. The second-order valence-corrected chi connectivity index (χ2v) is 7.10. The van der Waals surface area contributed by atoms with Gasteiger partial charge < -0.3 is 0 Å². The summed E-state index contributed by atoms with van der Waals surface area (Å²) in [6.45, 7) is 7.65. The molecule has 1 aromatic rings. The molecule has 0 aliphatic carbocycles. The van der Waals surface area contributed by atoms with Gasteiger partial charge in [-0.25, -0.2) is 4.90 Å². The fourth-order valence-corrected chi connectivity index (χ4v) is 3.13. The van der Waals surface area contributed by atoms with Gasteiger partial charge in [0.1, 0.15) is 0 Å². The highest BCUT2D eigenvalue weighted by Crippen LogP contribution is 2.43. The minimum absolute atomic E-state index is 0.101. The maximum Gasteiger partial charge on any atom is 0.240 e. The van der Waals surface area contributed by atoms with Crippen LogP contribution in [0.5, 0.6) is 0 Å². The summed E-state index contributed by atoms with van der Waals surface area (Å²) < 4.78 is 0.703. The molecule has 0 spiro atoms. The smallest absolute Gasteiger partial charge is 0.240 e. The van der Waals surface area contributed by atoms with Gasteiger partial charge >= 0.3 is 0 Å². The van der Waals surface area contributed by atoms with Gasteiger partial charge in [0.2, 0.25) is 11.8 Å². The molecule has 0 N–H and O–H groups in total. The Balaban J connectivity index is 2.52. The number of hydrogen-bond donors (Lipinski definition) is 0. The number of benzene rings is 1. The van der Waals surface area contributed by atoms with Crippen LogP contribution in [0.2, 0.25) is 5.02 Å². The minimum atomic E-state index is -0.645. The van der Waals surface area contributed by atoms with Crippen LogP contribution in [0.15, 0.2) is 16.6 Å². The van der Waals surface area contributed by atoms with E-state index in [0.717, 1.165) is 5.56 Å². The van der Waals surface area contributed by atoms with Gasteiger partial charge in [-0.3, -0.25) is 9.59 Å². The Labute approximate surface area is 132 Å². The molecule has 108 valence electrons. The maximum absolute atomic E-state index is 12.7. The van der Waals surface area contributed by atoms with Crippen molar-refractivity contribution in [3.63, 3.8) is 0 Å². The average molecular weight is 359 g/mol. The van der Waals surface area contributed by atoms with E-state index >= 15 is 0 Å². The number of rotatable bonds is 2. The number of nitrogens with zero attached hydrogens (tertiary/aromatic N) is 1. The average Bonchev–Trinajstić information content (AvgIpc) is 2.57. The van der Waals surface area contributed by atoms with Crippen molar-refractivity contribution in [3.8, 4) is 0 Å². The molecule has 1 aromatic carbocycles. The Hall–Kier alpha value is -0.870. The summed E-state index contributed by atoms with van der Waals surface area (Å²) >= 11 is 9.54. The summed E-state index contributed by atoms with van der Waals surface area (Å²) in [5.74, 6) is -0.228. The predicted molar refractivity (Wildman–Crippen MR) is 83.9 cm³/mol. The van der Waals surface area contributed by atoms with Gasteiger partial charge in [0.25, 0.3) is 0 Å². The van der Waals surface area contributed by atoms with Crippen molar-refractivity contribution >= 4 is 45.0 Å². The van der Waals surface area contributed by atoms with E-state index in [0.29, 0.717) is 15.2 Å². The SMILES string of the molecule is Cc1cc(Br)c(N2C(=O)CC(C)(C(C)C)C2=O)cc1Cl. The molecule has 0 saturated carbocycles. The lowest BCUT2D eigenvalue weighted by Crippen LogP contribution is -2.37. The molecule has 1 unspecified atom stereocenters. The van der Waals surface area contributed by atoms with Crippen molar-refractivity contribution in [2.24, 2.45) is 11.3 Å². The zero-order valence-electron chi connectivity index (χ0n) is 12.0.